The number of nitrogens with zero attached hydrogens (tertiary/aromatic N) is 3. The van der Waals surface area contributed by atoms with E-state index in [2.05, 4.69) is 9.97 Å². The van der Waals surface area contributed by atoms with E-state index >= 15 is 0 Å². The van der Waals surface area contributed by atoms with Crippen molar-refractivity contribution in [1.29, 1.82) is 0 Å². The zero-order valence-electron chi connectivity index (χ0n) is 15.1. The molecule has 1 aromatic carbocycles. The average Bonchev–Trinajstić information content (AvgIpc) is 3.07. The number of aromatic nitrogens is 2. The molecule has 2 aromatic rings. The Hall–Kier alpha value is -2.61. The average molecular weight is 374 g/mol. The Bertz CT molecular complexity index is 821. The summed E-state index contributed by atoms with van der Waals surface area (Å²) in [7, 11) is 1.59. The molecule has 0 bridgehead atoms. The lowest BCUT2D eigenvalue weighted by Gasteiger charge is -2.35. The molecule has 7 nitrogen and oxygen atoms in total. The predicted molar refractivity (Wildman–Crippen MR) is 98.2 cm³/mol. The minimum atomic E-state index is -0.587. The molecule has 4 rings (SSSR count). The summed E-state index contributed by atoms with van der Waals surface area (Å²) in [5.74, 6) is 1.29. The Kier molecular flexibility index (Phi) is 4.73. The molecule has 0 amide bonds. The first-order valence-electron chi connectivity index (χ1n) is 9.05. The van der Waals surface area contributed by atoms with Crippen LogP contribution in [0.4, 0.5) is 16.0 Å². The summed E-state index contributed by atoms with van der Waals surface area (Å²) in [6.07, 6.45) is 1.64. The van der Waals surface area contributed by atoms with Gasteiger partial charge in [0.2, 0.25) is 5.82 Å². The maximum absolute atomic E-state index is 14.3. The van der Waals surface area contributed by atoms with Crippen molar-refractivity contribution in [2.75, 3.05) is 30.8 Å². The van der Waals surface area contributed by atoms with E-state index in [0.29, 0.717) is 37.4 Å². The second-order valence-electron chi connectivity index (χ2n) is 7.17. The van der Waals surface area contributed by atoms with Crippen molar-refractivity contribution in [1.82, 2.24) is 9.97 Å². The third kappa shape index (κ3) is 3.37. The van der Waals surface area contributed by atoms with Crippen molar-refractivity contribution in [3.63, 3.8) is 0 Å². The predicted octanol–water partition coefficient (Wildman–Crippen LogP) is 1.86. The van der Waals surface area contributed by atoms with Gasteiger partial charge in [0.05, 0.1) is 13.2 Å². The van der Waals surface area contributed by atoms with Crippen LogP contribution in [0.3, 0.4) is 0 Å². The molecule has 144 valence electrons. The van der Waals surface area contributed by atoms with Gasteiger partial charge in [0.15, 0.2) is 23.1 Å². The van der Waals surface area contributed by atoms with Crippen molar-refractivity contribution in [2.45, 2.75) is 25.0 Å². The van der Waals surface area contributed by atoms with E-state index in [0.717, 1.165) is 0 Å². The van der Waals surface area contributed by atoms with Gasteiger partial charge in [-0.05, 0) is 36.8 Å². The van der Waals surface area contributed by atoms with Crippen LogP contribution in [-0.4, -0.2) is 47.5 Å². The highest BCUT2D eigenvalue weighted by Gasteiger charge is 2.43. The fourth-order valence-electron chi connectivity index (χ4n) is 4.16. The molecule has 3 N–H and O–H groups in total. The smallest absolute Gasteiger partial charge is 0.207 e. The number of para-hydroxylation sites is 2. The molecule has 1 aliphatic heterocycles. The van der Waals surface area contributed by atoms with Crippen molar-refractivity contribution >= 4 is 11.6 Å². The molecule has 2 fully saturated rings. The second kappa shape index (κ2) is 7.19. The topological polar surface area (TPSA) is 93.7 Å². The van der Waals surface area contributed by atoms with Gasteiger partial charge in [0, 0.05) is 13.1 Å². The van der Waals surface area contributed by atoms with Gasteiger partial charge >= 0.3 is 0 Å². The third-order valence-electron chi connectivity index (χ3n) is 5.53. The van der Waals surface area contributed by atoms with Gasteiger partial charge in [-0.15, -0.1) is 0 Å². The van der Waals surface area contributed by atoms with E-state index in [4.69, 9.17) is 15.2 Å². The van der Waals surface area contributed by atoms with E-state index in [-0.39, 0.29) is 29.6 Å². The van der Waals surface area contributed by atoms with Gasteiger partial charge in [-0.3, -0.25) is 0 Å². The van der Waals surface area contributed by atoms with Crippen LogP contribution in [0.5, 0.6) is 11.5 Å². The van der Waals surface area contributed by atoms with E-state index in [9.17, 15) is 9.50 Å². The number of fused-ring (bicyclic) bond motifs is 1. The number of methoxy groups -OCH3 is 1. The molecule has 0 unspecified atom stereocenters. The molecule has 4 atom stereocenters. The number of hydrogen-bond donors (Lipinski definition) is 2. The zero-order valence-corrected chi connectivity index (χ0v) is 15.1. The lowest BCUT2D eigenvalue weighted by molar-refractivity contribution is -0.0240. The number of rotatable bonds is 4. The quantitative estimate of drug-likeness (QED) is 0.844. The van der Waals surface area contributed by atoms with Crippen LogP contribution < -0.4 is 20.1 Å². The molecular formula is C19H23FN4O3. The second-order valence-corrected chi connectivity index (χ2v) is 7.17. The van der Waals surface area contributed by atoms with E-state index in [1.165, 1.54) is 6.33 Å². The Balaban J connectivity index is 1.48. The normalized spacial score (nSPS) is 27.3. The maximum atomic E-state index is 14.3. The number of ether oxygens (including phenoxy) is 2. The van der Waals surface area contributed by atoms with Crippen LogP contribution in [0.2, 0.25) is 0 Å². The van der Waals surface area contributed by atoms with Crippen LogP contribution in [0.25, 0.3) is 0 Å². The van der Waals surface area contributed by atoms with Crippen LogP contribution in [0.15, 0.2) is 30.6 Å². The van der Waals surface area contributed by atoms with Gasteiger partial charge in [0.1, 0.15) is 12.4 Å². The molecule has 1 aliphatic carbocycles. The SMILES string of the molecule is COc1ccccc1O[C@@H]1C[C@@H]2CN(c3ncnc(N)c3F)C[C@@H]2C[C@H]1O. The number of nitrogens with two attached hydrogens (primary N) is 1. The van der Waals surface area contributed by atoms with Crippen molar-refractivity contribution < 1.29 is 19.0 Å². The first kappa shape index (κ1) is 17.8. The zero-order chi connectivity index (χ0) is 19.0. The highest BCUT2D eigenvalue weighted by atomic mass is 19.1. The fourth-order valence-corrected chi connectivity index (χ4v) is 4.16. The number of halogens is 1. The Morgan fingerprint density at radius 1 is 1.15 bits per heavy atom. The lowest BCUT2D eigenvalue weighted by atomic mass is 9.78. The Morgan fingerprint density at radius 3 is 2.59 bits per heavy atom. The Morgan fingerprint density at radius 2 is 1.85 bits per heavy atom. The summed E-state index contributed by atoms with van der Waals surface area (Å²) in [5.41, 5.74) is 5.57. The summed E-state index contributed by atoms with van der Waals surface area (Å²) < 4.78 is 25.7. The minimum Gasteiger partial charge on any atom is -0.493 e. The van der Waals surface area contributed by atoms with E-state index < -0.39 is 11.9 Å². The fraction of sp³-hybridized carbons (Fsp3) is 0.474. The number of aliphatic hydroxyl groups excluding tert-OH is 1. The molecular weight excluding hydrogens is 351 g/mol. The van der Waals surface area contributed by atoms with Gasteiger partial charge < -0.3 is 25.2 Å². The van der Waals surface area contributed by atoms with Gasteiger partial charge in [-0.25, -0.2) is 9.97 Å². The van der Waals surface area contributed by atoms with Crippen molar-refractivity contribution in [3.8, 4) is 11.5 Å². The molecule has 0 spiro atoms. The number of aliphatic hydroxyl groups is 1. The van der Waals surface area contributed by atoms with Crippen LogP contribution in [0, 0.1) is 17.7 Å². The minimum absolute atomic E-state index is 0.146. The molecule has 2 aliphatic rings. The molecule has 1 saturated heterocycles. The van der Waals surface area contributed by atoms with Crippen LogP contribution in [-0.2, 0) is 0 Å². The largest absolute Gasteiger partial charge is 0.493 e. The van der Waals surface area contributed by atoms with Crippen LogP contribution >= 0.6 is 0 Å². The summed E-state index contributed by atoms with van der Waals surface area (Å²) in [4.78, 5) is 9.63. The van der Waals surface area contributed by atoms with Crippen LogP contribution in [0.1, 0.15) is 12.8 Å². The first-order valence-corrected chi connectivity index (χ1v) is 9.05. The van der Waals surface area contributed by atoms with Crippen molar-refractivity contribution in [3.05, 3.63) is 36.4 Å². The maximum Gasteiger partial charge on any atom is 0.207 e. The highest BCUT2D eigenvalue weighted by molar-refractivity contribution is 5.49. The summed E-state index contributed by atoms with van der Waals surface area (Å²) in [5, 5.41) is 10.6. The highest BCUT2D eigenvalue weighted by Crippen LogP contribution is 2.40. The van der Waals surface area contributed by atoms with Crippen molar-refractivity contribution in [2.24, 2.45) is 11.8 Å². The number of hydrogen-bond acceptors (Lipinski definition) is 7. The summed E-state index contributed by atoms with van der Waals surface area (Å²) >= 11 is 0. The summed E-state index contributed by atoms with van der Waals surface area (Å²) in [6.45, 7) is 1.28. The first-order chi connectivity index (χ1) is 13.1. The lowest BCUT2D eigenvalue weighted by Crippen LogP contribution is -2.42. The molecule has 0 radical (unpaired) electrons. The van der Waals surface area contributed by atoms with Gasteiger partial charge in [-0.2, -0.15) is 4.39 Å². The third-order valence-corrected chi connectivity index (χ3v) is 5.53. The number of anilines is 2. The number of nitrogen functional groups attached to an aromatic ring is 1. The monoisotopic (exact) mass is 374 g/mol. The van der Waals surface area contributed by atoms with Gasteiger partial charge in [0.25, 0.3) is 0 Å². The van der Waals surface area contributed by atoms with E-state index in [1.807, 2.05) is 29.2 Å². The molecule has 1 saturated carbocycles. The standard InChI is InChI=1S/C19H23FN4O3/c1-26-14-4-2-3-5-15(14)27-16-7-12-9-24(8-11(12)6-13(16)25)19-17(20)18(21)22-10-23-19/h2-5,10-13,16,25H,6-9H2,1H3,(H2,21,22,23)/t11-,12+,13+,16+/m0/s1. The van der Waals surface area contributed by atoms with Gasteiger partial charge in [-0.1, -0.05) is 12.1 Å². The molecule has 1 aromatic heterocycles. The molecule has 2 heterocycles. The molecule has 8 heteroatoms. The number of benzene rings is 1. The Labute approximate surface area is 156 Å². The molecule has 27 heavy (non-hydrogen) atoms. The summed E-state index contributed by atoms with van der Waals surface area (Å²) in [6, 6.07) is 7.40. The van der Waals surface area contributed by atoms with E-state index in [1.54, 1.807) is 7.11 Å².